The van der Waals surface area contributed by atoms with Crippen molar-refractivity contribution in [2.75, 3.05) is 6.54 Å². The number of para-hydroxylation sites is 1. The van der Waals surface area contributed by atoms with Crippen LogP contribution in [0.15, 0.2) is 54.6 Å². The summed E-state index contributed by atoms with van der Waals surface area (Å²) >= 11 is 6.03. The molecule has 4 nitrogen and oxygen atoms in total. The third kappa shape index (κ3) is 3.89. The molecule has 0 bridgehead atoms. The molecule has 0 heterocycles. The standard InChI is InChI=1S/C19H20ClNO3/c20-16-9-5-4-8-15(16)19(23)21-12-13-10-11-17(18(13)22)24-14-6-2-1-3-7-14/h1-9,13,17-18,22H,10-12H2,(H,21,23)/t13-,17-,18-/m1/s1. The molecule has 0 spiro atoms. The smallest absolute Gasteiger partial charge is 0.252 e. The van der Waals surface area contributed by atoms with Crippen LogP contribution >= 0.6 is 11.6 Å². The number of halogens is 1. The van der Waals surface area contributed by atoms with Crippen molar-refractivity contribution in [3.8, 4) is 5.75 Å². The van der Waals surface area contributed by atoms with Crippen LogP contribution in [0.4, 0.5) is 0 Å². The molecule has 3 atom stereocenters. The van der Waals surface area contributed by atoms with Crippen LogP contribution in [0, 0.1) is 5.92 Å². The van der Waals surface area contributed by atoms with Crippen molar-refractivity contribution < 1.29 is 14.6 Å². The van der Waals surface area contributed by atoms with Gasteiger partial charge in [-0.3, -0.25) is 4.79 Å². The van der Waals surface area contributed by atoms with Gasteiger partial charge in [-0.25, -0.2) is 0 Å². The number of carbonyl (C=O) groups is 1. The minimum atomic E-state index is -0.600. The van der Waals surface area contributed by atoms with E-state index in [4.69, 9.17) is 16.3 Å². The number of hydrogen-bond donors (Lipinski definition) is 2. The van der Waals surface area contributed by atoms with Crippen LogP contribution in [0.3, 0.4) is 0 Å². The van der Waals surface area contributed by atoms with Gasteiger partial charge in [-0.2, -0.15) is 0 Å². The van der Waals surface area contributed by atoms with Gasteiger partial charge in [0.05, 0.1) is 16.7 Å². The molecule has 1 amide bonds. The maximum atomic E-state index is 12.2. The van der Waals surface area contributed by atoms with Gasteiger partial charge in [0.25, 0.3) is 5.91 Å². The molecular weight excluding hydrogens is 326 g/mol. The molecular formula is C19H20ClNO3. The van der Waals surface area contributed by atoms with E-state index in [2.05, 4.69) is 5.32 Å². The summed E-state index contributed by atoms with van der Waals surface area (Å²) in [6, 6.07) is 16.4. The molecule has 5 heteroatoms. The van der Waals surface area contributed by atoms with E-state index in [1.54, 1.807) is 24.3 Å². The third-order valence-electron chi connectivity index (χ3n) is 4.36. The summed E-state index contributed by atoms with van der Waals surface area (Å²) in [5, 5.41) is 13.7. The molecule has 126 valence electrons. The maximum absolute atomic E-state index is 12.2. The zero-order valence-electron chi connectivity index (χ0n) is 13.2. The number of amides is 1. The van der Waals surface area contributed by atoms with E-state index in [1.165, 1.54) is 0 Å². The molecule has 2 N–H and O–H groups in total. The van der Waals surface area contributed by atoms with E-state index < -0.39 is 6.10 Å². The second kappa shape index (κ2) is 7.69. The number of benzene rings is 2. The Morgan fingerprint density at radius 2 is 1.83 bits per heavy atom. The van der Waals surface area contributed by atoms with Crippen LogP contribution in [0.25, 0.3) is 0 Å². The highest BCUT2D eigenvalue weighted by atomic mass is 35.5. The molecule has 0 radical (unpaired) electrons. The lowest BCUT2D eigenvalue weighted by molar-refractivity contribution is 0.0348. The highest BCUT2D eigenvalue weighted by molar-refractivity contribution is 6.33. The lowest BCUT2D eigenvalue weighted by Crippen LogP contribution is -2.37. The van der Waals surface area contributed by atoms with Crippen molar-refractivity contribution in [1.82, 2.24) is 5.32 Å². The molecule has 0 saturated heterocycles. The zero-order valence-corrected chi connectivity index (χ0v) is 13.9. The van der Waals surface area contributed by atoms with Crippen LogP contribution < -0.4 is 10.1 Å². The number of rotatable bonds is 5. The number of hydrogen-bond acceptors (Lipinski definition) is 3. The van der Waals surface area contributed by atoms with Gasteiger partial charge in [-0.1, -0.05) is 41.9 Å². The largest absolute Gasteiger partial charge is 0.488 e. The molecule has 0 unspecified atom stereocenters. The van der Waals surface area contributed by atoms with Crippen molar-refractivity contribution in [2.24, 2.45) is 5.92 Å². The predicted octanol–water partition coefficient (Wildman–Crippen LogP) is 3.29. The van der Waals surface area contributed by atoms with E-state index in [0.29, 0.717) is 17.1 Å². The molecule has 24 heavy (non-hydrogen) atoms. The fraction of sp³-hybridized carbons (Fsp3) is 0.316. The van der Waals surface area contributed by atoms with E-state index >= 15 is 0 Å². The third-order valence-corrected chi connectivity index (χ3v) is 4.69. The minimum absolute atomic E-state index is 0.0230. The van der Waals surface area contributed by atoms with Crippen molar-refractivity contribution >= 4 is 17.5 Å². The van der Waals surface area contributed by atoms with E-state index in [1.807, 2.05) is 30.3 Å². The lowest BCUT2D eigenvalue weighted by Gasteiger charge is -2.21. The van der Waals surface area contributed by atoms with E-state index in [9.17, 15) is 9.90 Å². The number of aliphatic hydroxyl groups is 1. The van der Waals surface area contributed by atoms with Crippen molar-refractivity contribution in [3.05, 3.63) is 65.2 Å². The van der Waals surface area contributed by atoms with Crippen LogP contribution in [0.1, 0.15) is 23.2 Å². The Morgan fingerprint density at radius 1 is 1.12 bits per heavy atom. The van der Waals surface area contributed by atoms with Crippen molar-refractivity contribution in [2.45, 2.75) is 25.0 Å². The molecule has 1 aliphatic rings. The first-order valence-corrected chi connectivity index (χ1v) is 8.45. The summed E-state index contributed by atoms with van der Waals surface area (Å²) in [7, 11) is 0. The molecule has 0 aliphatic heterocycles. The van der Waals surface area contributed by atoms with Gasteiger partial charge in [0.1, 0.15) is 11.9 Å². The Hall–Kier alpha value is -2.04. The SMILES string of the molecule is O=C(NC[C@H]1CC[C@@H](Oc2ccccc2)[C@@H]1O)c1ccccc1Cl. The van der Waals surface area contributed by atoms with E-state index in [-0.39, 0.29) is 17.9 Å². The van der Waals surface area contributed by atoms with Crippen molar-refractivity contribution in [3.63, 3.8) is 0 Å². The first-order valence-electron chi connectivity index (χ1n) is 8.07. The fourth-order valence-electron chi connectivity index (χ4n) is 3.01. The highest BCUT2D eigenvalue weighted by Gasteiger charge is 2.36. The molecule has 2 aromatic carbocycles. The predicted molar refractivity (Wildman–Crippen MR) is 93.4 cm³/mol. The molecule has 2 aromatic rings. The monoisotopic (exact) mass is 345 g/mol. The Kier molecular flexibility index (Phi) is 5.38. The van der Waals surface area contributed by atoms with Gasteiger partial charge < -0.3 is 15.2 Å². The number of ether oxygens (including phenoxy) is 1. The average Bonchev–Trinajstić information content (AvgIpc) is 2.94. The molecule has 1 saturated carbocycles. The summed E-state index contributed by atoms with van der Waals surface area (Å²) in [4.78, 5) is 12.2. The minimum Gasteiger partial charge on any atom is -0.488 e. The fourth-order valence-corrected chi connectivity index (χ4v) is 3.23. The molecule has 3 rings (SSSR count). The van der Waals surface area contributed by atoms with Gasteiger partial charge in [0.15, 0.2) is 0 Å². The lowest BCUT2D eigenvalue weighted by atomic mass is 10.1. The van der Waals surface area contributed by atoms with E-state index in [0.717, 1.165) is 18.6 Å². The molecule has 0 aromatic heterocycles. The Balaban J connectivity index is 1.53. The number of aliphatic hydroxyl groups excluding tert-OH is 1. The summed E-state index contributed by atoms with van der Waals surface area (Å²) in [5.74, 6) is 0.507. The quantitative estimate of drug-likeness (QED) is 0.874. The second-order valence-electron chi connectivity index (χ2n) is 5.99. The summed E-state index contributed by atoms with van der Waals surface area (Å²) in [6.45, 7) is 0.403. The van der Waals surface area contributed by atoms with Crippen LogP contribution in [-0.2, 0) is 0 Å². The summed E-state index contributed by atoms with van der Waals surface area (Å²) < 4.78 is 5.84. The maximum Gasteiger partial charge on any atom is 0.252 e. The zero-order chi connectivity index (χ0) is 16.9. The Morgan fingerprint density at radius 3 is 2.58 bits per heavy atom. The van der Waals surface area contributed by atoms with Gasteiger partial charge in [-0.05, 0) is 37.1 Å². The Bertz CT molecular complexity index is 692. The van der Waals surface area contributed by atoms with Gasteiger partial charge in [0, 0.05) is 12.5 Å². The normalized spacial score (nSPS) is 23.0. The van der Waals surface area contributed by atoms with Crippen molar-refractivity contribution in [1.29, 1.82) is 0 Å². The number of carbonyl (C=O) groups excluding carboxylic acids is 1. The highest BCUT2D eigenvalue weighted by Crippen LogP contribution is 2.29. The second-order valence-corrected chi connectivity index (χ2v) is 6.39. The topological polar surface area (TPSA) is 58.6 Å². The molecule has 1 fully saturated rings. The molecule has 1 aliphatic carbocycles. The Labute approximate surface area is 146 Å². The van der Waals surface area contributed by atoms with Gasteiger partial charge >= 0.3 is 0 Å². The number of nitrogens with one attached hydrogen (secondary N) is 1. The van der Waals surface area contributed by atoms with Crippen LogP contribution in [0.5, 0.6) is 5.75 Å². The van der Waals surface area contributed by atoms with Crippen LogP contribution in [-0.4, -0.2) is 29.8 Å². The summed E-state index contributed by atoms with van der Waals surface area (Å²) in [5.41, 5.74) is 0.448. The first kappa shape index (κ1) is 16.8. The summed E-state index contributed by atoms with van der Waals surface area (Å²) in [6.07, 6.45) is 0.732. The van der Waals surface area contributed by atoms with Gasteiger partial charge in [0.2, 0.25) is 0 Å². The van der Waals surface area contributed by atoms with Gasteiger partial charge in [-0.15, -0.1) is 0 Å². The van der Waals surface area contributed by atoms with Crippen LogP contribution in [0.2, 0.25) is 5.02 Å². The first-order chi connectivity index (χ1) is 11.6. The average molecular weight is 346 g/mol.